The lowest BCUT2D eigenvalue weighted by atomic mass is 10.2. The van der Waals surface area contributed by atoms with Crippen LogP contribution in [0.1, 0.15) is 20.4 Å². The van der Waals surface area contributed by atoms with Crippen LogP contribution in [0.3, 0.4) is 0 Å². The highest BCUT2D eigenvalue weighted by Crippen LogP contribution is 2.29. The first kappa shape index (κ1) is 16.8. The van der Waals surface area contributed by atoms with Crippen molar-refractivity contribution in [1.82, 2.24) is 4.98 Å². The number of hydrogen-bond donors (Lipinski definition) is 2. The van der Waals surface area contributed by atoms with Crippen molar-refractivity contribution in [3.8, 4) is 11.5 Å². The summed E-state index contributed by atoms with van der Waals surface area (Å²) < 4.78 is 10.3. The number of aromatic nitrogens is 1. The van der Waals surface area contributed by atoms with Gasteiger partial charge in [0.25, 0.3) is 0 Å². The van der Waals surface area contributed by atoms with Crippen molar-refractivity contribution < 1.29 is 24.2 Å². The van der Waals surface area contributed by atoms with Gasteiger partial charge in [-0.3, -0.25) is 4.79 Å². The van der Waals surface area contributed by atoms with Gasteiger partial charge < -0.3 is 19.9 Å². The Morgan fingerprint density at radius 2 is 2.04 bits per heavy atom. The molecule has 0 saturated heterocycles. The topological polar surface area (TPSA) is 97.8 Å². The van der Waals surface area contributed by atoms with Crippen LogP contribution in [0.15, 0.2) is 18.2 Å². The number of nitrogens with zero attached hydrogens (tertiary/aromatic N) is 1. The number of carbonyl (C=O) groups is 2. The molecule has 1 aromatic heterocycles. The molecule has 0 unspecified atom stereocenters. The first-order valence-corrected chi connectivity index (χ1v) is 7.47. The summed E-state index contributed by atoms with van der Waals surface area (Å²) in [5, 5.41) is 12.2. The Bertz CT molecular complexity index is 741. The highest BCUT2D eigenvalue weighted by Gasteiger charge is 2.17. The van der Waals surface area contributed by atoms with E-state index in [4.69, 9.17) is 14.6 Å². The largest absolute Gasteiger partial charge is 0.497 e. The van der Waals surface area contributed by atoms with Gasteiger partial charge in [0, 0.05) is 6.07 Å². The molecule has 0 spiro atoms. The number of nitrogens with one attached hydrogen (secondary N) is 1. The number of thiazole rings is 1. The first-order valence-electron chi connectivity index (χ1n) is 6.66. The molecule has 0 aliphatic carbocycles. The summed E-state index contributed by atoms with van der Waals surface area (Å²) in [6, 6.07) is 5.05. The van der Waals surface area contributed by atoms with Gasteiger partial charge in [-0.05, 0) is 19.1 Å². The van der Waals surface area contributed by atoms with Crippen LogP contribution in [0, 0.1) is 6.92 Å². The van der Waals surface area contributed by atoms with Gasteiger partial charge in [-0.1, -0.05) is 0 Å². The summed E-state index contributed by atoms with van der Waals surface area (Å²) in [4.78, 5) is 27.4. The van der Waals surface area contributed by atoms with Crippen LogP contribution >= 0.6 is 11.3 Å². The van der Waals surface area contributed by atoms with Crippen molar-refractivity contribution in [2.75, 3.05) is 19.5 Å². The molecule has 2 aromatic rings. The Kier molecular flexibility index (Phi) is 5.17. The number of anilines is 1. The molecule has 122 valence electrons. The third kappa shape index (κ3) is 3.98. The van der Waals surface area contributed by atoms with Crippen molar-refractivity contribution in [3.05, 3.63) is 33.8 Å². The van der Waals surface area contributed by atoms with Gasteiger partial charge in [-0.25, -0.2) is 9.78 Å². The highest BCUT2D eigenvalue weighted by molar-refractivity contribution is 7.13. The lowest BCUT2D eigenvalue weighted by molar-refractivity contribution is -0.115. The average Bonchev–Trinajstić information content (AvgIpc) is 2.87. The van der Waals surface area contributed by atoms with Gasteiger partial charge in [0.05, 0.1) is 32.0 Å². The molecule has 1 amide bonds. The minimum atomic E-state index is -1.04. The Labute approximate surface area is 136 Å². The average molecular weight is 336 g/mol. The monoisotopic (exact) mass is 336 g/mol. The molecule has 2 N–H and O–H groups in total. The molecule has 0 bridgehead atoms. The minimum absolute atomic E-state index is 0.0147. The molecule has 23 heavy (non-hydrogen) atoms. The van der Waals surface area contributed by atoms with Crippen LogP contribution in [-0.4, -0.2) is 36.2 Å². The molecule has 0 radical (unpaired) electrons. The summed E-state index contributed by atoms with van der Waals surface area (Å²) in [6.07, 6.45) is -0.0147. The number of methoxy groups -OCH3 is 2. The third-order valence-corrected chi connectivity index (χ3v) is 4.17. The van der Waals surface area contributed by atoms with Gasteiger partial charge in [0.2, 0.25) is 5.91 Å². The fourth-order valence-corrected chi connectivity index (χ4v) is 2.87. The second-order valence-corrected chi connectivity index (χ2v) is 5.70. The van der Waals surface area contributed by atoms with E-state index in [0.29, 0.717) is 27.9 Å². The molecule has 1 aromatic carbocycles. The molecule has 0 aliphatic heterocycles. The zero-order chi connectivity index (χ0) is 17.0. The van der Waals surface area contributed by atoms with Crippen LogP contribution in [-0.2, 0) is 11.2 Å². The van der Waals surface area contributed by atoms with Gasteiger partial charge in [0.15, 0.2) is 0 Å². The zero-order valence-corrected chi connectivity index (χ0v) is 13.7. The van der Waals surface area contributed by atoms with E-state index >= 15 is 0 Å². The summed E-state index contributed by atoms with van der Waals surface area (Å²) in [6.45, 7) is 1.60. The zero-order valence-electron chi connectivity index (χ0n) is 12.9. The number of ether oxygens (including phenoxy) is 2. The van der Waals surface area contributed by atoms with Crippen molar-refractivity contribution in [1.29, 1.82) is 0 Å². The molecular formula is C15H16N2O5S. The van der Waals surface area contributed by atoms with Gasteiger partial charge >= 0.3 is 5.97 Å². The molecule has 2 rings (SSSR count). The fraction of sp³-hybridized carbons (Fsp3) is 0.267. The summed E-state index contributed by atoms with van der Waals surface area (Å²) >= 11 is 0.997. The Hall–Kier alpha value is -2.61. The van der Waals surface area contributed by atoms with Crippen molar-refractivity contribution in [2.45, 2.75) is 13.3 Å². The number of rotatable bonds is 6. The van der Waals surface area contributed by atoms with Crippen LogP contribution in [0.4, 0.5) is 5.69 Å². The maximum atomic E-state index is 12.2. The second kappa shape index (κ2) is 7.10. The van der Waals surface area contributed by atoms with Crippen LogP contribution in [0.25, 0.3) is 0 Å². The molecular weight excluding hydrogens is 320 g/mol. The van der Waals surface area contributed by atoms with E-state index in [-0.39, 0.29) is 17.2 Å². The number of amides is 1. The number of aromatic carboxylic acids is 1. The normalized spacial score (nSPS) is 10.2. The van der Waals surface area contributed by atoms with Crippen molar-refractivity contribution in [3.63, 3.8) is 0 Å². The van der Waals surface area contributed by atoms with Gasteiger partial charge in [0.1, 0.15) is 21.4 Å². The van der Waals surface area contributed by atoms with Crippen LogP contribution in [0.2, 0.25) is 0 Å². The molecule has 8 heteroatoms. The number of carbonyl (C=O) groups excluding carboxylic acids is 1. The molecule has 1 heterocycles. The van der Waals surface area contributed by atoms with Gasteiger partial charge in [-0.2, -0.15) is 0 Å². The second-order valence-electron chi connectivity index (χ2n) is 4.62. The van der Waals surface area contributed by atoms with E-state index in [1.807, 2.05) is 0 Å². The quantitative estimate of drug-likeness (QED) is 0.840. The highest BCUT2D eigenvalue weighted by atomic mass is 32.1. The lowest BCUT2D eigenvalue weighted by Crippen LogP contribution is -2.15. The van der Waals surface area contributed by atoms with E-state index < -0.39 is 5.97 Å². The van der Waals surface area contributed by atoms with E-state index in [0.717, 1.165) is 11.3 Å². The number of hydrogen-bond acceptors (Lipinski definition) is 6. The predicted molar refractivity (Wildman–Crippen MR) is 85.7 cm³/mol. The van der Waals surface area contributed by atoms with E-state index in [1.54, 1.807) is 25.1 Å². The number of aryl methyl sites for hydroxylation is 1. The molecule has 0 atom stereocenters. The smallest absolute Gasteiger partial charge is 0.347 e. The van der Waals surface area contributed by atoms with E-state index in [2.05, 4.69) is 10.3 Å². The SMILES string of the molecule is COc1ccc(OC)c(NC(=O)Cc2nc(C)c(C(=O)O)s2)c1. The number of carboxylic acids is 1. The Morgan fingerprint density at radius 3 is 2.61 bits per heavy atom. The maximum absolute atomic E-state index is 12.2. The first-order chi connectivity index (χ1) is 10.9. The van der Waals surface area contributed by atoms with Gasteiger partial charge in [-0.15, -0.1) is 11.3 Å². The summed E-state index contributed by atoms with van der Waals surface area (Å²) in [5.41, 5.74) is 0.882. The van der Waals surface area contributed by atoms with E-state index in [1.165, 1.54) is 14.2 Å². The van der Waals surface area contributed by atoms with Crippen LogP contribution in [0.5, 0.6) is 11.5 Å². The maximum Gasteiger partial charge on any atom is 0.347 e. The predicted octanol–water partition coefficient (Wildman–Crippen LogP) is 2.35. The summed E-state index contributed by atoms with van der Waals surface area (Å²) in [5.74, 6) is -0.275. The standard InChI is InChI=1S/C15H16N2O5S/c1-8-14(15(19)20)23-13(16-8)7-12(18)17-10-6-9(21-2)4-5-11(10)22-3/h4-6H,7H2,1-3H3,(H,17,18)(H,19,20). The molecule has 7 nitrogen and oxygen atoms in total. The van der Waals surface area contributed by atoms with Crippen LogP contribution < -0.4 is 14.8 Å². The summed E-state index contributed by atoms with van der Waals surface area (Å²) in [7, 11) is 3.03. The Balaban J connectivity index is 2.13. The molecule has 0 fully saturated rings. The van der Waals surface area contributed by atoms with Crippen molar-refractivity contribution in [2.24, 2.45) is 0 Å². The lowest BCUT2D eigenvalue weighted by Gasteiger charge is -2.11. The Morgan fingerprint density at radius 1 is 1.30 bits per heavy atom. The molecule has 0 saturated carbocycles. The minimum Gasteiger partial charge on any atom is -0.497 e. The third-order valence-electron chi connectivity index (χ3n) is 3.03. The molecule has 0 aliphatic rings. The number of carboxylic acid groups (broad SMARTS) is 1. The van der Waals surface area contributed by atoms with E-state index in [9.17, 15) is 9.59 Å². The fourth-order valence-electron chi connectivity index (χ4n) is 1.97. The number of benzene rings is 1. The van der Waals surface area contributed by atoms with Crippen molar-refractivity contribution >= 4 is 28.9 Å².